The third-order valence-corrected chi connectivity index (χ3v) is 6.66. The van der Waals surface area contributed by atoms with Gasteiger partial charge in [0.05, 0.1) is 35.7 Å². The van der Waals surface area contributed by atoms with Crippen LogP contribution in [0, 0.1) is 11.6 Å². The van der Waals surface area contributed by atoms with Crippen LogP contribution in [0.3, 0.4) is 0 Å². The predicted molar refractivity (Wildman–Crippen MR) is 106 cm³/mol. The lowest BCUT2D eigenvalue weighted by molar-refractivity contribution is -0.138. The van der Waals surface area contributed by atoms with E-state index in [4.69, 9.17) is 9.84 Å². The zero-order valence-electron chi connectivity index (χ0n) is 15.0. The normalized spacial score (nSPS) is 16.2. The number of rotatable bonds is 5. The molecule has 2 heterocycles. The van der Waals surface area contributed by atoms with E-state index in [2.05, 4.69) is 4.98 Å². The summed E-state index contributed by atoms with van der Waals surface area (Å²) in [4.78, 5) is 30.5. The van der Waals surface area contributed by atoms with Crippen LogP contribution in [0.2, 0.25) is 0 Å². The molecule has 1 atom stereocenters. The van der Waals surface area contributed by atoms with Crippen LogP contribution in [-0.4, -0.2) is 34.3 Å². The second kappa shape index (κ2) is 7.60. The van der Waals surface area contributed by atoms with E-state index < -0.39 is 22.9 Å². The molecule has 29 heavy (non-hydrogen) atoms. The average Bonchev–Trinajstić information content (AvgIpc) is 3.10. The van der Waals surface area contributed by atoms with E-state index in [-0.39, 0.29) is 24.4 Å². The number of methoxy groups -OCH3 is 1. The third-order valence-electron chi connectivity index (χ3n) is 4.42. The Morgan fingerprint density at radius 1 is 1.31 bits per heavy atom. The number of thiazole rings is 1. The Morgan fingerprint density at radius 3 is 2.83 bits per heavy atom. The van der Waals surface area contributed by atoms with Crippen LogP contribution in [0.5, 0.6) is 5.75 Å². The maximum absolute atomic E-state index is 14.0. The fourth-order valence-electron chi connectivity index (χ4n) is 3.07. The largest absolute Gasteiger partial charge is 0.497 e. The molecule has 0 saturated carbocycles. The van der Waals surface area contributed by atoms with Crippen molar-refractivity contribution in [1.29, 1.82) is 0 Å². The summed E-state index contributed by atoms with van der Waals surface area (Å²) in [6.07, 6.45) is -0.337. The molecule has 1 amide bonds. The number of carboxylic acids is 1. The molecule has 4 rings (SSSR count). The first kappa shape index (κ1) is 19.6. The van der Waals surface area contributed by atoms with Crippen LogP contribution in [0.4, 0.5) is 14.5 Å². The number of carbonyl (C=O) groups is 2. The molecule has 6 nitrogen and oxygen atoms in total. The van der Waals surface area contributed by atoms with E-state index in [1.165, 1.54) is 29.8 Å². The summed E-state index contributed by atoms with van der Waals surface area (Å²) in [5, 5.41) is 8.77. The molecule has 0 bridgehead atoms. The van der Waals surface area contributed by atoms with E-state index in [0.29, 0.717) is 26.0 Å². The number of ether oxygens (including phenoxy) is 1. The Balaban J connectivity index is 1.74. The molecule has 3 aromatic rings. The number of carboxylic acid groups (broad SMARTS) is 1. The summed E-state index contributed by atoms with van der Waals surface area (Å²) in [6.45, 7) is 0.0231. The first-order chi connectivity index (χ1) is 13.9. The van der Waals surface area contributed by atoms with Gasteiger partial charge in [0.25, 0.3) is 0 Å². The van der Waals surface area contributed by atoms with Gasteiger partial charge < -0.3 is 14.7 Å². The maximum atomic E-state index is 14.0. The van der Waals surface area contributed by atoms with E-state index in [1.54, 1.807) is 18.2 Å². The van der Waals surface area contributed by atoms with Crippen molar-refractivity contribution >= 4 is 50.9 Å². The fourth-order valence-corrected chi connectivity index (χ4v) is 5.27. The van der Waals surface area contributed by atoms with Gasteiger partial charge in [-0.3, -0.25) is 9.59 Å². The quantitative estimate of drug-likeness (QED) is 0.650. The van der Waals surface area contributed by atoms with Crippen LogP contribution in [0.15, 0.2) is 35.2 Å². The second-order valence-electron chi connectivity index (χ2n) is 6.28. The lowest BCUT2D eigenvalue weighted by Gasteiger charge is -2.32. The summed E-state index contributed by atoms with van der Waals surface area (Å²) in [5.74, 6) is -2.89. The predicted octanol–water partition coefficient (Wildman–Crippen LogP) is 4.07. The van der Waals surface area contributed by atoms with Gasteiger partial charge in [0.15, 0.2) is 11.6 Å². The molecule has 1 N–H and O–H groups in total. The Kier molecular flexibility index (Phi) is 5.13. The van der Waals surface area contributed by atoms with Gasteiger partial charge in [-0.25, -0.2) is 13.8 Å². The molecule has 10 heteroatoms. The van der Waals surface area contributed by atoms with Crippen molar-refractivity contribution < 1.29 is 28.2 Å². The van der Waals surface area contributed by atoms with Gasteiger partial charge in [-0.05, 0) is 30.3 Å². The monoisotopic (exact) mass is 436 g/mol. The van der Waals surface area contributed by atoms with Gasteiger partial charge in [0.2, 0.25) is 5.91 Å². The molecule has 150 valence electrons. The number of fused-ring (bicyclic) bond motifs is 2. The molecule has 1 unspecified atom stereocenters. The highest BCUT2D eigenvalue weighted by Gasteiger charge is 2.35. The highest BCUT2D eigenvalue weighted by Crippen LogP contribution is 2.43. The van der Waals surface area contributed by atoms with E-state index >= 15 is 0 Å². The average molecular weight is 436 g/mol. The Labute approximate surface area is 172 Å². The molecule has 0 radical (unpaired) electrons. The zero-order valence-corrected chi connectivity index (χ0v) is 16.7. The molecule has 0 spiro atoms. The number of amides is 1. The van der Waals surface area contributed by atoms with Crippen LogP contribution in [0.25, 0.3) is 10.2 Å². The smallest absolute Gasteiger partial charge is 0.305 e. The first-order valence-corrected chi connectivity index (χ1v) is 10.2. The lowest BCUT2D eigenvalue weighted by atomic mass is 10.2. The van der Waals surface area contributed by atoms with E-state index in [9.17, 15) is 18.4 Å². The highest BCUT2D eigenvalue weighted by atomic mass is 32.2. The van der Waals surface area contributed by atoms with Crippen LogP contribution in [-0.2, 0) is 16.1 Å². The number of hydrogen-bond acceptors (Lipinski definition) is 6. The number of anilines is 1. The molecule has 0 fully saturated rings. The maximum Gasteiger partial charge on any atom is 0.305 e. The molecule has 0 saturated heterocycles. The molecule has 1 aliphatic heterocycles. The van der Waals surface area contributed by atoms with Crippen molar-refractivity contribution in [2.24, 2.45) is 0 Å². The summed E-state index contributed by atoms with van der Waals surface area (Å²) in [5.41, 5.74) is 0.509. The molecular formula is C19H14F2N2O4S2. The van der Waals surface area contributed by atoms with Gasteiger partial charge in [-0.15, -0.1) is 23.1 Å². The van der Waals surface area contributed by atoms with Gasteiger partial charge in [-0.1, -0.05) is 0 Å². The Morgan fingerprint density at radius 2 is 2.10 bits per heavy atom. The van der Waals surface area contributed by atoms with Crippen LogP contribution in [0.1, 0.15) is 11.4 Å². The summed E-state index contributed by atoms with van der Waals surface area (Å²) in [6, 6.07) is 7.62. The second-order valence-corrected chi connectivity index (χ2v) is 8.64. The summed E-state index contributed by atoms with van der Waals surface area (Å²) < 4.78 is 33.2. The van der Waals surface area contributed by atoms with Crippen molar-refractivity contribution in [3.63, 3.8) is 0 Å². The minimum absolute atomic E-state index is 0.0231. The Hall–Kier alpha value is -2.72. The molecule has 1 aliphatic rings. The minimum Gasteiger partial charge on any atom is -0.497 e. The number of halogens is 2. The zero-order chi connectivity index (χ0) is 20.7. The van der Waals surface area contributed by atoms with Gasteiger partial charge in [0.1, 0.15) is 16.3 Å². The molecule has 2 aromatic carbocycles. The third kappa shape index (κ3) is 3.65. The molecule has 0 aliphatic carbocycles. The number of aliphatic carboxylic acids is 1. The number of nitrogens with zero attached hydrogens (tertiary/aromatic N) is 2. The first-order valence-electron chi connectivity index (χ1n) is 8.48. The Bertz CT molecular complexity index is 1130. The van der Waals surface area contributed by atoms with E-state index in [1.807, 2.05) is 0 Å². The minimum atomic E-state index is -1.08. The number of hydrogen-bond donors (Lipinski definition) is 1. The van der Waals surface area contributed by atoms with Crippen molar-refractivity contribution in [2.75, 3.05) is 12.0 Å². The van der Waals surface area contributed by atoms with Gasteiger partial charge >= 0.3 is 5.97 Å². The topological polar surface area (TPSA) is 79.7 Å². The van der Waals surface area contributed by atoms with Crippen molar-refractivity contribution in [2.45, 2.75) is 23.1 Å². The van der Waals surface area contributed by atoms with E-state index in [0.717, 1.165) is 17.4 Å². The molecular weight excluding hydrogens is 422 g/mol. The van der Waals surface area contributed by atoms with Crippen molar-refractivity contribution in [3.05, 3.63) is 47.0 Å². The van der Waals surface area contributed by atoms with Crippen molar-refractivity contribution in [1.82, 2.24) is 4.98 Å². The fraction of sp³-hybridized carbons (Fsp3) is 0.211. The SMILES string of the molecule is COc1ccc2c(c1)SC(CC(=O)O)C(=O)N2Cc1nc2c(F)c(F)ccc2s1. The molecule has 1 aromatic heterocycles. The number of aromatic nitrogens is 1. The van der Waals surface area contributed by atoms with Gasteiger partial charge in [-0.2, -0.15) is 0 Å². The summed E-state index contributed by atoms with van der Waals surface area (Å²) in [7, 11) is 1.52. The lowest BCUT2D eigenvalue weighted by Crippen LogP contribution is -2.41. The van der Waals surface area contributed by atoms with Crippen LogP contribution < -0.4 is 9.64 Å². The van der Waals surface area contributed by atoms with Gasteiger partial charge in [0, 0.05) is 4.90 Å². The highest BCUT2D eigenvalue weighted by molar-refractivity contribution is 8.01. The standard InChI is InChI=1S/C19H14F2N2O4S2/c1-27-9-2-4-11-13(6-9)28-14(7-16(24)25)19(26)23(11)8-15-22-18-12(29-15)5-3-10(20)17(18)21/h2-6,14H,7-8H2,1H3,(H,24,25). The number of benzene rings is 2. The number of carbonyl (C=O) groups excluding carboxylic acids is 1. The van der Waals surface area contributed by atoms with Crippen molar-refractivity contribution in [3.8, 4) is 5.75 Å². The number of thioether (sulfide) groups is 1. The van der Waals surface area contributed by atoms with Crippen LogP contribution >= 0.6 is 23.1 Å². The summed E-state index contributed by atoms with van der Waals surface area (Å²) >= 11 is 2.32.